The molecule has 0 radical (unpaired) electrons. The van der Waals surface area contributed by atoms with Crippen LogP contribution in [0.2, 0.25) is 0 Å². The van der Waals surface area contributed by atoms with Crippen molar-refractivity contribution < 1.29 is 9.53 Å². The predicted molar refractivity (Wildman–Crippen MR) is 73.2 cm³/mol. The molecule has 2 heteroatoms. The van der Waals surface area contributed by atoms with Crippen molar-refractivity contribution in [3.8, 4) is 11.8 Å². The van der Waals surface area contributed by atoms with Crippen molar-refractivity contribution in [2.24, 2.45) is 0 Å². The molecule has 2 nitrogen and oxygen atoms in total. The molecule has 1 aromatic rings. The summed E-state index contributed by atoms with van der Waals surface area (Å²) in [4.78, 5) is 10.9. The number of rotatable bonds is 6. The van der Waals surface area contributed by atoms with Gasteiger partial charge < -0.3 is 4.74 Å². The number of unbranched alkanes of at least 4 members (excludes halogenated alkanes) is 2. The van der Waals surface area contributed by atoms with E-state index < -0.39 is 0 Å². The largest absolute Gasteiger partial charge is 0.469 e. The maximum absolute atomic E-state index is 10.9. The maximum Gasteiger partial charge on any atom is 0.305 e. The van der Waals surface area contributed by atoms with Gasteiger partial charge >= 0.3 is 5.97 Å². The lowest BCUT2D eigenvalue weighted by atomic mass is 10.0. The Morgan fingerprint density at radius 3 is 2.50 bits per heavy atom. The monoisotopic (exact) mass is 244 g/mol. The first-order valence-electron chi connectivity index (χ1n) is 6.34. The molecule has 0 saturated heterocycles. The third-order valence-corrected chi connectivity index (χ3v) is 2.80. The lowest BCUT2D eigenvalue weighted by molar-refractivity contribution is -0.140. The summed E-state index contributed by atoms with van der Waals surface area (Å²) in [5, 5.41) is 0. The van der Waals surface area contributed by atoms with E-state index in [1.165, 1.54) is 12.7 Å². The van der Waals surface area contributed by atoms with Crippen LogP contribution in [0.4, 0.5) is 0 Å². The number of esters is 1. The molecule has 96 valence electrons. The predicted octanol–water partition coefficient (Wildman–Crippen LogP) is 3.33. The summed E-state index contributed by atoms with van der Waals surface area (Å²) in [5.74, 6) is 5.80. The molecule has 0 N–H and O–H groups in total. The highest BCUT2D eigenvalue weighted by molar-refractivity contribution is 5.68. The third-order valence-electron chi connectivity index (χ3n) is 2.80. The van der Waals surface area contributed by atoms with E-state index in [1.807, 2.05) is 6.92 Å². The number of hydrogen-bond acceptors (Lipinski definition) is 2. The Balaban J connectivity index is 2.22. The van der Waals surface area contributed by atoms with Crippen LogP contribution < -0.4 is 0 Å². The summed E-state index contributed by atoms with van der Waals surface area (Å²) in [5.41, 5.74) is 2.39. The highest BCUT2D eigenvalue weighted by atomic mass is 16.5. The van der Waals surface area contributed by atoms with Crippen molar-refractivity contribution in [3.63, 3.8) is 0 Å². The second-order valence-corrected chi connectivity index (χ2v) is 4.21. The van der Waals surface area contributed by atoms with Crippen molar-refractivity contribution in [3.05, 3.63) is 35.4 Å². The number of hydrogen-bond donors (Lipinski definition) is 0. The molecule has 18 heavy (non-hydrogen) atoms. The first kappa shape index (κ1) is 14.3. The van der Waals surface area contributed by atoms with E-state index in [4.69, 9.17) is 0 Å². The molecule has 0 bridgehead atoms. The van der Waals surface area contributed by atoms with Gasteiger partial charge in [-0.25, -0.2) is 0 Å². The zero-order valence-corrected chi connectivity index (χ0v) is 11.2. The smallest absolute Gasteiger partial charge is 0.305 e. The van der Waals surface area contributed by atoms with Gasteiger partial charge in [-0.3, -0.25) is 4.79 Å². The Kier molecular flexibility index (Phi) is 6.64. The summed E-state index contributed by atoms with van der Waals surface area (Å²) < 4.78 is 4.60. The lowest BCUT2D eigenvalue weighted by Crippen LogP contribution is -1.99. The molecule has 0 fully saturated rings. The minimum Gasteiger partial charge on any atom is -0.469 e. The minimum absolute atomic E-state index is 0.113. The molecule has 1 aromatic carbocycles. The van der Waals surface area contributed by atoms with Gasteiger partial charge in [0.15, 0.2) is 0 Å². The molecule has 1 rings (SSSR count). The van der Waals surface area contributed by atoms with Crippen LogP contribution in [0.1, 0.15) is 43.7 Å². The summed E-state index contributed by atoms with van der Waals surface area (Å²) in [7, 11) is 1.43. The van der Waals surface area contributed by atoms with Crippen LogP contribution in [0.15, 0.2) is 24.3 Å². The highest BCUT2D eigenvalue weighted by Crippen LogP contribution is 2.09. The average molecular weight is 244 g/mol. The van der Waals surface area contributed by atoms with E-state index in [0.29, 0.717) is 6.42 Å². The molecular formula is C16H20O2. The van der Waals surface area contributed by atoms with Gasteiger partial charge in [0.2, 0.25) is 0 Å². The zero-order valence-electron chi connectivity index (χ0n) is 11.2. The number of aryl methyl sites for hydroxylation is 1. The zero-order chi connectivity index (χ0) is 13.2. The Morgan fingerprint density at radius 1 is 1.17 bits per heavy atom. The standard InChI is InChI=1S/C16H20O2/c1-3-7-14-10-12-15(13-11-14)8-5-4-6-9-16(17)18-2/h10-13H,4-6,8-9H2,1-2H3. The van der Waals surface area contributed by atoms with Gasteiger partial charge in [-0.1, -0.05) is 24.5 Å². The normalized spacial score (nSPS) is 9.44. The fourth-order valence-electron chi connectivity index (χ4n) is 1.78. The molecule has 0 spiro atoms. The van der Waals surface area contributed by atoms with Gasteiger partial charge in [0, 0.05) is 12.0 Å². The Hall–Kier alpha value is -1.75. The van der Waals surface area contributed by atoms with Crippen LogP contribution in [0.5, 0.6) is 0 Å². The van der Waals surface area contributed by atoms with E-state index in [2.05, 4.69) is 40.8 Å². The first-order chi connectivity index (χ1) is 8.76. The minimum atomic E-state index is -0.113. The van der Waals surface area contributed by atoms with E-state index in [0.717, 1.165) is 31.2 Å². The Labute approximate surface area is 109 Å². The van der Waals surface area contributed by atoms with Gasteiger partial charge in [-0.2, -0.15) is 0 Å². The van der Waals surface area contributed by atoms with Crippen LogP contribution in [-0.2, 0) is 16.0 Å². The molecule has 0 heterocycles. The van der Waals surface area contributed by atoms with Gasteiger partial charge in [-0.15, -0.1) is 5.92 Å². The van der Waals surface area contributed by atoms with Crippen LogP contribution >= 0.6 is 0 Å². The molecule has 0 aliphatic heterocycles. The number of carbonyl (C=O) groups is 1. The highest BCUT2D eigenvalue weighted by Gasteiger charge is 1.99. The van der Waals surface area contributed by atoms with Crippen LogP contribution in [0.25, 0.3) is 0 Å². The van der Waals surface area contributed by atoms with E-state index in [9.17, 15) is 4.79 Å². The number of benzene rings is 1. The second-order valence-electron chi connectivity index (χ2n) is 4.21. The van der Waals surface area contributed by atoms with Crippen LogP contribution in [-0.4, -0.2) is 13.1 Å². The first-order valence-corrected chi connectivity index (χ1v) is 6.34. The Morgan fingerprint density at radius 2 is 1.89 bits per heavy atom. The van der Waals surface area contributed by atoms with Gasteiger partial charge in [0.05, 0.1) is 7.11 Å². The molecule has 0 aliphatic carbocycles. The maximum atomic E-state index is 10.9. The van der Waals surface area contributed by atoms with Crippen molar-refractivity contribution in [2.75, 3.05) is 7.11 Å². The molecular weight excluding hydrogens is 224 g/mol. The topological polar surface area (TPSA) is 26.3 Å². The number of ether oxygens (including phenoxy) is 1. The summed E-state index contributed by atoms with van der Waals surface area (Å²) in [6.45, 7) is 1.84. The molecule has 0 aliphatic rings. The summed E-state index contributed by atoms with van der Waals surface area (Å²) >= 11 is 0. The molecule has 0 saturated carbocycles. The van der Waals surface area contributed by atoms with E-state index >= 15 is 0 Å². The van der Waals surface area contributed by atoms with Crippen LogP contribution in [0, 0.1) is 11.8 Å². The van der Waals surface area contributed by atoms with E-state index in [1.54, 1.807) is 0 Å². The quantitative estimate of drug-likeness (QED) is 0.436. The third kappa shape index (κ3) is 5.54. The van der Waals surface area contributed by atoms with Gasteiger partial charge in [0.25, 0.3) is 0 Å². The van der Waals surface area contributed by atoms with E-state index in [-0.39, 0.29) is 5.97 Å². The Bertz CT molecular complexity index is 421. The van der Waals surface area contributed by atoms with Crippen molar-refractivity contribution in [1.82, 2.24) is 0 Å². The van der Waals surface area contributed by atoms with Crippen molar-refractivity contribution >= 4 is 5.97 Å². The molecule has 0 aromatic heterocycles. The fraction of sp³-hybridized carbons (Fsp3) is 0.438. The second kappa shape index (κ2) is 8.36. The SMILES string of the molecule is CC#Cc1ccc(CCCCCC(=O)OC)cc1. The number of methoxy groups -OCH3 is 1. The summed E-state index contributed by atoms with van der Waals surface area (Å²) in [6.07, 6.45) is 4.66. The average Bonchev–Trinajstić information content (AvgIpc) is 2.40. The molecule has 0 amide bonds. The van der Waals surface area contributed by atoms with Gasteiger partial charge in [0.1, 0.15) is 0 Å². The molecule has 0 atom stereocenters. The lowest BCUT2D eigenvalue weighted by Gasteiger charge is -2.02. The van der Waals surface area contributed by atoms with Crippen molar-refractivity contribution in [2.45, 2.75) is 39.0 Å². The van der Waals surface area contributed by atoms with Crippen LogP contribution in [0.3, 0.4) is 0 Å². The molecule has 0 unspecified atom stereocenters. The fourth-order valence-corrected chi connectivity index (χ4v) is 1.78. The van der Waals surface area contributed by atoms with Crippen molar-refractivity contribution in [1.29, 1.82) is 0 Å². The summed E-state index contributed by atoms with van der Waals surface area (Å²) in [6, 6.07) is 8.36. The number of carbonyl (C=O) groups excluding carboxylic acids is 1. The van der Waals surface area contributed by atoms with Gasteiger partial charge in [-0.05, 0) is 43.9 Å².